The lowest BCUT2D eigenvalue weighted by atomic mass is 9.99. The van der Waals surface area contributed by atoms with Gasteiger partial charge in [-0.3, -0.25) is 9.59 Å². The van der Waals surface area contributed by atoms with Gasteiger partial charge in [0, 0.05) is 12.8 Å². The molecule has 1 fully saturated rings. The van der Waals surface area contributed by atoms with E-state index < -0.39 is 49.5 Å². The molecular weight excluding hydrogens is 1120 g/mol. The topological polar surface area (TPSA) is 175 Å². The van der Waals surface area contributed by atoms with Crippen molar-refractivity contribution in [1.29, 1.82) is 0 Å². The van der Waals surface area contributed by atoms with Crippen LogP contribution < -0.4 is 5.32 Å². The molecule has 0 aromatic carbocycles. The molecule has 6 N–H and O–H groups in total. The number of hydrogen-bond donors (Lipinski definition) is 6. The molecule has 11 heteroatoms. The normalized spacial score (nSPS) is 17.9. The van der Waals surface area contributed by atoms with Crippen LogP contribution in [-0.2, 0) is 23.8 Å². The lowest BCUT2D eigenvalue weighted by Crippen LogP contribution is -2.60. The van der Waals surface area contributed by atoms with Crippen molar-refractivity contribution in [3.63, 3.8) is 0 Å². The minimum absolute atomic E-state index is 0.00219. The Bertz CT molecular complexity index is 1630. The molecule has 7 unspecified atom stereocenters. The molecule has 528 valence electrons. The monoisotopic (exact) mass is 1270 g/mol. The number of carbonyl (C=O) groups is 2. The van der Waals surface area contributed by atoms with Crippen molar-refractivity contribution in [2.45, 2.75) is 423 Å². The number of aliphatic hydroxyl groups excluding tert-OH is 5. The number of allylic oxidation sites excluding steroid dienone is 7. The molecule has 0 aromatic rings. The minimum Gasteiger partial charge on any atom is -0.466 e. The van der Waals surface area contributed by atoms with Crippen LogP contribution >= 0.6 is 0 Å². The second-order valence-corrected chi connectivity index (χ2v) is 27.1. The van der Waals surface area contributed by atoms with Gasteiger partial charge in [0.2, 0.25) is 5.91 Å². The van der Waals surface area contributed by atoms with Crippen molar-refractivity contribution < 1.29 is 49.3 Å². The van der Waals surface area contributed by atoms with Crippen molar-refractivity contribution in [2.75, 3.05) is 19.8 Å². The molecule has 0 spiro atoms. The molecule has 1 aliphatic rings. The molecule has 0 saturated carbocycles. The first-order chi connectivity index (χ1) is 44.2. The summed E-state index contributed by atoms with van der Waals surface area (Å²) in [5.41, 5.74) is 0. The lowest BCUT2D eigenvalue weighted by Gasteiger charge is -2.40. The van der Waals surface area contributed by atoms with E-state index in [0.717, 1.165) is 64.2 Å². The van der Waals surface area contributed by atoms with Crippen LogP contribution in [0.5, 0.6) is 0 Å². The van der Waals surface area contributed by atoms with Gasteiger partial charge in [-0.2, -0.15) is 0 Å². The van der Waals surface area contributed by atoms with Crippen LogP contribution in [0.25, 0.3) is 0 Å². The second-order valence-electron chi connectivity index (χ2n) is 27.1. The van der Waals surface area contributed by atoms with Gasteiger partial charge >= 0.3 is 5.97 Å². The van der Waals surface area contributed by atoms with Crippen molar-refractivity contribution in [2.24, 2.45) is 0 Å². The highest BCUT2D eigenvalue weighted by molar-refractivity contribution is 5.76. The average molecular weight is 1270 g/mol. The highest BCUT2D eigenvalue weighted by Gasteiger charge is 2.44. The van der Waals surface area contributed by atoms with Crippen molar-refractivity contribution in [3.05, 3.63) is 48.6 Å². The summed E-state index contributed by atoms with van der Waals surface area (Å²) in [5, 5.41) is 54.3. The molecule has 0 radical (unpaired) electrons. The number of carbonyl (C=O) groups excluding carboxylic acids is 2. The van der Waals surface area contributed by atoms with Gasteiger partial charge in [0.1, 0.15) is 24.4 Å². The number of aliphatic hydroxyl groups is 5. The average Bonchev–Trinajstić information content (AvgIpc) is 1.59. The van der Waals surface area contributed by atoms with Gasteiger partial charge in [-0.15, -0.1) is 0 Å². The van der Waals surface area contributed by atoms with Crippen LogP contribution in [0.2, 0.25) is 0 Å². The Hall–Kier alpha value is -2.38. The maximum Gasteiger partial charge on any atom is 0.305 e. The first kappa shape index (κ1) is 85.6. The van der Waals surface area contributed by atoms with Crippen LogP contribution in [-0.4, -0.2) is 100 Å². The Morgan fingerprint density at radius 3 is 1.17 bits per heavy atom. The maximum atomic E-state index is 13.0. The molecule has 1 rings (SSSR count). The summed E-state index contributed by atoms with van der Waals surface area (Å²) in [7, 11) is 0. The third kappa shape index (κ3) is 56.0. The summed E-state index contributed by atoms with van der Waals surface area (Å²) in [4.78, 5) is 25.1. The van der Waals surface area contributed by atoms with E-state index in [0.29, 0.717) is 19.4 Å². The molecule has 1 saturated heterocycles. The number of hydrogen-bond acceptors (Lipinski definition) is 10. The fourth-order valence-corrected chi connectivity index (χ4v) is 12.3. The van der Waals surface area contributed by atoms with E-state index in [1.807, 2.05) is 6.08 Å². The fourth-order valence-electron chi connectivity index (χ4n) is 12.3. The van der Waals surface area contributed by atoms with E-state index in [1.165, 1.54) is 289 Å². The van der Waals surface area contributed by atoms with Gasteiger partial charge in [0.05, 0.1) is 32.0 Å². The Labute approximate surface area is 555 Å². The molecule has 0 aliphatic carbocycles. The molecule has 0 bridgehead atoms. The third-order valence-electron chi connectivity index (χ3n) is 18.4. The largest absolute Gasteiger partial charge is 0.466 e. The Morgan fingerprint density at radius 1 is 0.411 bits per heavy atom. The van der Waals surface area contributed by atoms with Crippen molar-refractivity contribution >= 4 is 11.9 Å². The minimum atomic E-state index is -1.57. The highest BCUT2D eigenvalue weighted by Crippen LogP contribution is 2.24. The quantitative estimate of drug-likeness (QED) is 0.0195. The predicted octanol–water partition coefficient (Wildman–Crippen LogP) is 20.7. The fraction of sp³-hybridized carbons (Fsp3) is 0.873. The zero-order valence-electron chi connectivity index (χ0n) is 58.9. The zero-order chi connectivity index (χ0) is 65.1. The van der Waals surface area contributed by atoms with E-state index >= 15 is 0 Å². The molecule has 1 amide bonds. The molecule has 1 aliphatic heterocycles. The van der Waals surface area contributed by atoms with Gasteiger partial charge in [-0.05, 0) is 83.5 Å². The number of rotatable bonds is 69. The first-order valence-electron chi connectivity index (χ1n) is 38.9. The highest BCUT2D eigenvalue weighted by atomic mass is 16.7. The Kier molecular flexibility index (Phi) is 64.7. The SMILES string of the molecule is CCCC/C=C\C/C=C\CCCCCCCC(=O)OCCCCCCCCCCCCCCCCCCCC/C=C\CCCCCCCCCCCCCCCCCCCC(=O)NC(COC1OC(CO)C(O)C(O)C1O)C(O)/C=C/CCCCCCCCC. The standard InChI is InChI=1S/C79H147NO10/c1-3-5-7-9-11-13-14-15-44-47-51-55-59-63-67-75(84)88-68-64-60-56-52-48-45-42-40-38-36-34-32-30-28-26-24-22-20-18-16-17-19-21-23-25-27-29-31-33-35-37-39-41-43-46-50-54-58-62-66-74(83)80-71(72(82)65-61-57-53-49-12-10-8-6-4-2)70-89-79-78(87)77(86)76(85)73(69-81)90-79/h9,11,14-17,61,65,71-73,76-79,81-82,85-87H,3-8,10,12-13,18-60,62-64,66-70H2,1-2H3,(H,80,83)/b11-9-,15-14-,17-16-,65-61+. The van der Waals surface area contributed by atoms with Gasteiger partial charge in [-0.25, -0.2) is 0 Å². The summed E-state index contributed by atoms with van der Waals surface area (Å²) in [5.74, 6) is -0.176. The third-order valence-corrected chi connectivity index (χ3v) is 18.4. The zero-order valence-corrected chi connectivity index (χ0v) is 58.9. The molecule has 0 aromatic heterocycles. The smallest absolute Gasteiger partial charge is 0.305 e. The number of nitrogens with one attached hydrogen (secondary N) is 1. The van der Waals surface area contributed by atoms with Gasteiger partial charge in [0.25, 0.3) is 0 Å². The van der Waals surface area contributed by atoms with E-state index in [1.54, 1.807) is 6.08 Å². The van der Waals surface area contributed by atoms with Gasteiger partial charge in [-0.1, -0.05) is 332 Å². The summed E-state index contributed by atoms with van der Waals surface area (Å²) in [6.45, 7) is 4.31. The van der Waals surface area contributed by atoms with Gasteiger partial charge < -0.3 is 45.1 Å². The van der Waals surface area contributed by atoms with Crippen molar-refractivity contribution in [3.8, 4) is 0 Å². The number of unbranched alkanes of at least 4 members (excludes halogenated alkanes) is 49. The predicted molar refractivity (Wildman–Crippen MR) is 380 cm³/mol. The Morgan fingerprint density at radius 2 is 0.756 bits per heavy atom. The van der Waals surface area contributed by atoms with E-state index in [9.17, 15) is 35.1 Å². The van der Waals surface area contributed by atoms with E-state index in [4.69, 9.17) is 14.2 Å². The van der Waals surface area contributed by atoms with Crippen LogP contribution in [0.3, 0.4) is 0 Å². The summed E-state index contributed by atoms with van der Waals surface area (Å²) >= 11 is 0. The molecule has 11 nitrogen and oxygen atoms in total. The maximum absolute atomic E-state index is 13.0. The molecule has 7 atom stereocenters. The first-order valence-corrected chi connectivity index (χ1v) is 38.9. The molecular formula is C79H147NO10. The molecule has 90 heavy (non-hydrogen) atoms. The number of esters is 1. The van der Waals surface area contributed by atoms with Crippen LogP contribution in [0.4, 0.5) is 0 Å². The molecule has 1 heterocycles. The van der Waals surface area contributed by atoms with Crippen LogP contribution in [0.1, 0.15) is 380 Å². The van der Waals surface area contributed by atoms with Crippen LogP contribution in [0, 0.1) is 0 Å². The van der Waals surface area contributed by atoms with E-state index in [-0.39, 0.29) is 18.5 Å². The summed E-state index contributed by atoms with van der Waals surface area (Å²) in [6.07, 6.45) is 80.2. The van der Waals surface area contributed by atoms with Crippen LogP contribution in [0.15, 0.2) is 48.6 Å². The van der Waals surface area contributed by atoms with E-state index in [2.05, 4.69) is 55.6 Å². The summed E-state index contributed by atoms with van der Waals surface area (Å²) in [6, 6.07) is -0.805. The summed E-state index contributed by atoms with van der Waals surface area (Å²) < 4.78 is 16.7. The number of amides is 1. The Balaban J connectivity index is 1.85. The van der Waals surface area contributed by atoms with Crippen molar-refractivity contribution in [1.82, 2.24) is 5.32 Å². The second kappa shape index (κ2) is 68.0. The van der Waals surface area contributed by atoms with Gasteiger partial charge in [0.15, 0.2) is 6.29 Å². The lowest BCUT2D eigenvalue weighted by molar-refractivity contribution is -0.302. The number of ether oxygens (including phenoxy) is 3.